The van der Waals surface area contributed by atoms with Gasteiger partial charge in [0.1, 0.15) is 5.82 Å². The monoisotopic (exact) mass is 401 g/mol. The van der Waals surface area contributed by atoms with Crippen LogP contribution >= 0.6 is 0 Å². The van der Waals surface area contributed by atoms with Crippen molar-refractivity contribution in [3.8, 4) is 11.3 Å². The van der Waals surface area contributed by atoms with E-state index in [-0.39, 0.29) is 5.95 Å². The zero-order valence-electron chi connectivity index (χ0n) is 16.0. The number of nitrogens with two attached hydrogens (primary N) is 1. The van der Waals surface area contributed by atoms with Crippen LogP contribution in [0.25, 0.3) is 33.1 Å². The van der Waals surface area contributed by atoms with Crippen LogP contribution in [0.3, 0.4) is 0 Å². The Hall–Kier alpha value is -4.40. The molecule has 0 saturated carbocycles. The van der Waals surface area contributed by atoms with Crippen molar-refractivity contribution in [3.63, 3.8) is 0 Å². The molecule has 5 rings (SSSR count). The number of nitrogen functional groups attached to an aromatic ring is 1. The third kappa shape index (κ3) is 4.04. The van der Waals surface area contributed by atoms with Crippen molar-refractivity contribution in [2.45, 2.75) is 6.92 Å². The quantitative estimate of drug-likeness (QED) is 0.308. The molecular formula is C21H19N7O2. The molecule has 0 aliphatic heterocycles. The summed E-state index contributed by atoms with van der Waals surface area (Å²) < 4.78 is 0. The fourth-order valence-corrected chi connectivity index (χ4v) is 3.15. The lowest BCUT2D eigenvalue weighted by molar-refractivity contribution is -0.134. The van der Waals surface area contributed by atoms with E-state index in [1.165, 1.54) is 0 Å². The van der Waals surface area contributed by atoms with Crippen LogP contribution in [-0.2, 0) is 4.79 Å². The molecule has 0 saturated heterocycles. The summed E-state index contributed by atoms with van der Waals surface area (Å²) in [5, 5.41) is 20.1. The predicted octanol–water partition coefficient (Wildman–Crippen LogP) is 3.92. The minimum atomic E-state index is -0.833. The van der Waals surface area contributed by atoms with Crippen LogP contribution in [0.5, 0.6) is 0 Å². The maximum Gasteiger partial charge on any atom is 0.300 e. The zero-order chi connectivity index (χ0) is 21.1. The molecule has 3 aromatic heterocycles. The van der Waals surface area contributed by atoms with Crippen LogP contribution in [0, 0.1) is 0 Å². The number of aromatic amines is 2. The van der Waals surface area contributed by atoms with Crippen LogP contribution in [-0.4, -0.2) is 36.2 Å². The number of aliphatic carboxylic acids is 1. The van der Waals surface area contributed by atoms with E-state index in [1.807, 2.05) is 18.2 Å². The summed E-state index contributed by atoms with van der Waals surface area (Å²) in [5.41, 5.74) is 10.7. The van der Waals surface area contributed by atoms with Gasteiger partial charge >= 0.3 is 0 Å². The summed E-state index contributed by atoms with van der Waals surface area (Å²) in [6.45, 7) is 1.08. The van der Waals surface area contributed by atoms with E-state index < -0.39 is 5.97 Å². The molecule has 6 N–H and O–H groups in total. The number of anilines is 3. The highest BCUT2D eigenvalue weighted by molar-refractivity contribution is 5.98. The van der Waals surface area contributed by atoms with Gasteiger partial charge in [0.2, 0.25) is 5.95 Å². The molecule has 0 aliphatic carbocycles. The number of hydrogen-bond donors (Lipinski definition) is 5. The first-order valence-electron chi connectivity index (χ1n) is 9.10. The first-order valence-corrected chi connectivity index (χ1v) is 9.10. The molecule has 2 aromatic carbocycles. The molecule has 0 spiro atoms. The number of aromatic nitrogens is 5. The lowest BCUT2D eigenvalue weighted by Gasteiger charge is -2.09. The highest BCUT2D eigenvalue weighted by Crippen LogP contribution is 2.33. The summed E-state index contributed by atoms with van der Waals surface area (Å²) in [7, 11) is 0. The molecule has 3 heterocycles. The lowest BCUT2D eigenvalue weighted by atomic mass is 10.1. The SMILES string of the molecule is CC(=O)O.Nc1nccc(Nc2cc(-c3cc4ccccc4[nH]3)c3[nH]ncc3c2)n1. The largest absolute Gasteiger partial charge is 0.481 e. The number of nitrogens with zero attached hydrogens (tertiary/aromatic N) is 3. The van der Waals surface area contributed by atoms with Crippen molar-refractivity contribution in [2.24, 2.45) is 0 Å². The van der Waals surface area contributed by atoms with Crippen LogP contribution in [0.1, 0.15) is 6.92 Å². The first kappa shape index (κ1) is 18.9. The zero-order valence-corrected chi connectivity index (χ0v) is 16.0. The van der Waals surface area contributed by atoms with Crippen molar-refractivity contribution in [2.75, 3.05) is 11.1 Å². The van der Waals surface area contributed by atoms with Gasteiger partial charge in [-0.25, -0.2) is 4.98 Å². The first-order chi connectivity index (χ1) is 14.5. The van der Waals surface area contributed by atoms with Crippen molar-refractivity contribution in [3.05, 3.63) is 60.9 Å². The van der Waals surface area contributed by atoms with Gasteiger partial charge in [0.25, 0.3) is 5.97 Å². The van der Waals surface area contributed by atoms with E-state index in [9.17, 15) is 0 Å². The van der Waals surface area contributed by atoms with Crippen LogP contribution in [0.15, 0.2) is 60.9 Å². The Morgan fingerprint density at radius 2 is 1.93 bits per heavy atom. The number of carboxylic acid groups (broad SMARTS) is 1. The van der Waals surface area contributed by atoms with Gasteiger partial charge in [-0.05, 0) is 30.3 Å². The van der Waals surface area contributed by atoms with Crippen molar-refractivity contribution in [1.29, 1.82) is 0 Å². The molecule has 0 unspecified atom stereocenters. The van der Waals surface area contributed by atoms with Gasteiger partial charge in [-0.15, -0.1) is 0 Å². The highest BCUT2D eigenvalue weighted by Gasteiger charge is 2.11. The fraction of sp³-hybridized carbons (Fsp3) is 0.0476. The van der Waals surface area contributed by atoms with Gasteiger partial charge in [0, 0.05) is 46.4 Å². The van der Waals surface area contributed by atoms with E-state index in [0.29, 0.717) is 5.82 Å². The van der Waals surface area contributed by atoms with Gasteiger partial charge in [-0.2, -0.15) is 10.1 Å². The fourth-order valence-electron chi connectivity index (χ4n) is 3.15. The van der Waals surface area contributed by atoms with Gasteiger partial charge in [-0.3, -0.25) is 9.89 Å². The number of para-hydroxylation sites is 1. The standard InChI is InChI=1S/C19H15N7.C2H4O2/c20-19-21-6-5-17(25-19)23-13-7-12-10-22-26-18(12)14(9-13)16-8-11-3-1-2-4-15(11)24-16;1-2(3)4/h1-10,24H,(H,22,26)(H3,20,21,23,25);1H3,(H,3,4). The second-order valence-corrected chi connectivity index (χ2v) is 6.57. The molecule has 30 heavy (non-hydrogen) atoms. The molecule has 0 bridgehead atoms. The molecule has 0 fully saturated rings. The molecule has 0 atom stereocenters. The summed E-state index contributed by atoms with van der Waals surface area (Å²) in [6, 6.07) is 16.2. The Labute approximate surface area is 171 Å². The third-order valence-corrected chi connectivity index (χ3v) is 4.32. The van der Waals surface area contributed by atoms with Crippen LogP contribution in [0.2, 0.25) is 0 Å². The lowest BCUT2D eigenvalue weighted by Crippen LogP contribution is -1.99. The van der Waals surface area contributed by atoms with Crippen molar-refractivity contribution < 1.29 is 9.90 Å². The molecule has 150 valence electrons. The Morgan fingerprint density at radius 3 is 2.70 bits per heavy atom. The van der Waals surface area contributed by atoms with Gasteiger partial charge in [0.15, 0.2) is 0 Å². The van der Waals surface area contributed by atoms with Crippen molar-refractivity contribution >= 4 is 45.2 Å². The van der Waals surface area contributed by atoms with Gasteiger partial charge in [-0.1, -0.05) is 18.2 Å². The van der Waals surface area contributed by atoms with Crippen LogP contribution in [0.4, 0.5) is 17.5 Å². The summed E-state index contributed by atoms with van der Waals surface area (Å²) in [6.07, 6.45) is 3.43. The number of fused-ring (bicyclic) bond motifs is 2. The average molecular weight is 401 g/mol. The normalized spacial score (nSPS) is 10.6. The molecule has 0 amide bonds. The van der Waals surface area contributed by atoms with Crippen molar-refractivity contribution in [1.82, 2.24) is 25.1 Å². The van der Waals surface area contributed by atoms with E-state index in [0.717, 1.165) is 45.7 Å². The summed E-state index contributed by atoms with van der Waals surface area (Å²) >= 11 is 0. The number of carboxylic acids is 1. The van der Waals surface area contributed by atoms with E-state index in [4.69, 9.17) is 15.6 Å². The second-order valence-electron chi connectivity index (χ2n) is 6.57. The smallest absolute Gasteiger partial charge is 0.300 e. The second kappa shape index (κ2) is 7.92. The number of nitrogens with one attached hydrogen (secondary N) is 3. The summed E-state index contributed by atoms with van der Waals surface area (Å²) in [4.78, 5) is 20.6. The number of hydrogen-bond acceptors (Lipinski definition) is 6. The Balaban J connectivity index is 0.000000503. The Bertz CT molecular complexity index is 1300. The topological polar surface area (TPSA) is 146 Å². The Morgan fingerprint density at radius 1 is 1.13 bits per heavy atom. The third-order valence-electron chi connectivity index (χ3n) is 4.32. The molecule has 9 nitrogen and oxygen atoms in total. The number of rotatable bonds is 3. The molecular weight excluding hydrogens is 382 g/mol. The van der Waals surface area contributed by atoms with E-state index in [1.54, 1.807) is 18.5 Å². The maximum atomic E-state index is 9.00. The number of H-pyrrole nitrogens is 2. The Kier molecular flexibility index (Phi) is 5.00. The maximum absolute atomic E-state index is 9.00. The molecule has 9 heteroatoms. The summed E-state index contributed by atoms with van der Waals surface area (Å²) in [5.74, 6) is 0.0400. The highest BCUT2D eigenvalue weighted by atomic mass is 16.4. The van der Waals surface area contributed by atoms with E-state index >= 15 is 0 Å². The van der Waals surface area contributed by atoms with E-state index in [2.05, 4.69) is 54.7 Å². The minimum absolute atomic E-state index is 0.232. The van der Waals surface area contributed by atoms with Crippen LogP contribution < -0.4 is 11.1 Å². The number of benzene rings is 2. The molecule has 0 aliphatic rings. The number of carbonyl (C=O) groups is 1. The molecule has 5 aromatic rings. The molecule has 0 radical (unpaired) electrons. The average Bonchev–Trinajstić information content (AvgIpc) is 3.33. The minimum Gasteiger partial charge on any atom is -0.481 e. The van der Waals surface area contributed by atoms with Gasteiger partial charge < -0.3 is 21.1 Å². The van der Waals surface area contributed by atoms with Gasteiger partial charge in [0.05, 0.1) is 11.7 Å². The predicted molar refractivity (Wildman–Crippen MR) is 116 cm³/mol.